The number of aryl methyl sites for hydroxylation is 2. The van der Waals surface area contributed by atoms with Gasteiger partial charge in [-0.05, 0) is 74.2 Å². The molecule has 148 valence electrons. The number of ether oxygens (including phenoxy) is 1. The number of carbonyl (C=O) groups is 2. The van der Waals surface area contributed by atoms with Crippen molar-refractivity contribution >= 4 is 23.2 Å². The highest BCUT2D eigenvalue weighted by Crippen LogP contribution is 2.15. The predicted molar refractivity (Wildman–Crippen MR) is 111 cm³/mol. The summed E-state index contributed by atoms with van der Waals surface area (Å²) < 4.78 is 5.50. The Morgan fingerprint density at radius 2 is 1.79 bits per heavy atom. The lowest BCUT2D eigenvalue weighted by Gasteiger charge is -2.11. The maximum atomic E-state index is 12.2. The Bertz CT molecular complexity index is 827. The van der Waals surface area contributed by atoms with Gasteiger partial charge in [-0.2, -0.15) is 0 Å². The average molecular weight is 381 g/mol. The van der Waals surface area contributed by atoms with Crippen LogP contribution >= 0.6 is 0 Å². The van der Waals surface area contributed by atoms with Crippen LogP contribution in [-0.4, -0.2) is 37.6 Å². The topological polar surface area (TPSA) is 79.5 Å². The minimum atomic E-state index is -0.145. The molecule has 3 N–H and O–H groups in total. The van der Waals surface area contributed by atoms with E-state index in [0.29, 0.717) is 17.8 Å². The second-order valence-electron chi connectivity index (χ2n) is 7.12. The minimum absolute atomic E-state index is 0.118. The summed E-state index contributed by atoms with van der Waals surface area (Å²) in [5, 5.41) is 8.83. The summed E-state index contributed by atoms with van der Waals surface area (Å²) in [6.07, 6.45) is 2.15. The predicted octanol–water partition coefficient (Wildman–Crippen LogP) is 3.26. The highest BCUT2D eigenvalue weighted by molar-refractivity contribution is 5.96. The molecular formula is C22H27N3O3. The van der Waals surface area contributed by atoms with Crippen molar-refractivity contribution in [3.8, 4) is 0 Å². The Labute approximate surface area is 165 Å². The lowest BCUT2D eigenvalue weighted by Crippen LogP contribution is -2.31. The van der Waals surface area contributed by atoms with Crippen LogP contribution in [-0.2, 0) is 9.53 Å². The number of hydrogen-bond acceptors (Lipinski definition) is 4. The number of amides is 2. The van der Waals surface area contributed by atoms with Gasteiger partial charge < -0.3 is 20.7 Å². The summed E-state index contributed by atoms with van der Waals surface area (Å²) in [7, 11) is 0. The van der Waals surface area contributed by atoms with Crippen LogP contribution in [0.25, 0.3) is 0 Å². The number of rotatable bonds is 7. The number of nitrogens with one attached hydrogen (secondary N) is 3. The smallest absolute Gasteiger partial charge is 0.251 e. The molecule has 0 aromatic heterocycles. The summed E-state index contributed by atoms with van der Waals surface area (Å²) in [5.74, 6) is -0.279. The van der Waals surface area contributed by atoms with Gasteiger partial charge in [0.1, 0.15) is 0 Å². The largest absolute Gasteiger partial charge is 0.376 e. The maximum absolute atomic E-state index is 12.2. The van der Waals surface area contributed by atoms with Gasteiger partial charge in [-0.15, -0.1) is 0 Å². The third-order valence-corrected chi connectivity index (χ3v) is 4.91. The molecule has 28 heavy (non-hydrogen) atoms. The second-order valence-corrected chi connectivity index (χ2v) is 7.12. The Morgan fingerprint density at radius 1 is 1.04 bits per heavy atom. The molecule has 2 aromatic rings. The Kier molecular flexibility index (Phi) is 6.66. The molecule has 0 radical (unpaired) electrons. The number of carbonyl (C=O) groups excluding carboxylic acids is 2. The molecule has 6 heteroatoms. The molecular weight excluding hydrogens is 354 g/mol. The summed E-state index contributed by atoms with van der Waals surface area (Å²) >= 11 is 0. The van der Waals surface area contributed by atoms with Crippen LogP contribution < -0.4 is 16.0 Å². The van der Waals surface area contributed by atoms with E-state index in [9.17, 15) is 9.59 Å². The molecule has 3 rings (SSSR count). The van der Waals surface area contributed by atoms with Crippen LogP contribution in [0.3, 0.4) is 0 Å². The molecule has 2 amide bonds. The van der Waals surface area contributed by atoms with Crippen LogP contribution in [0.15, 0.2) is 42.5 Å². The lowest BCUT2D eigenvalue weighted by molar-refractivity contribution is -0.114. The molecule has 1 saturated heterocycles. The molecule has 0 bridgehead atoms. The van der Waals surface area contributed by atoms with E-state index in [-0.39, 0.29) is 24.5 Å². The van der Waals surface area contributed by atoms with Gasteiger partial charge >= 0.3 is 0 Å². The minimum Gasteiger partial charge on any atom is -0.376 e. The Morgan fingerprint density at radius 3 is 2.46 bits per heavy atom. The van der Waals surface area contributed by atoms with E-state index in [2.05, 4.69) is 22.9 Å². The standard InChI is InChI=1S/C22H27N3O3/c1-15-5-8-19(12-16(15)2)23-14-21(26)25-18-9-6-17(7-10-18)22(27)24-13-20-4-3-11-28-20/h5-10,12,20,23H,3-4,11,13-14H2,1-2H3,(H,24,27)(H,25,26). The number of benzene rings is 2. The SMILES string of the molecule is Cc1ccc(NCC(=O)Nc2ccc(C(=O)NCC3CCCO3)cc2)cc1C. The van der Waals surface area contributed by atoms with Gasteiger partial charge in [0, 0.05) is 30.1 Å². The van der Waals surface area contributed by atoms with Crippen molar-refractivity contribution in [1.29, 1.82) is 0 Å². The Hall–Kier alpha value is -2.86. The van der Waals surface area contributed by atoms with Crippen molar-refractivity contribution < 1.29 is 14.3 Å². The van der Waals surface area contributed by atoms with Gasteiger partial charge in [0.15, 0.2) is 0 Å². The fourth-order valence-electron chi connectivity index (χ4n) is 3.06. The van der Waals surface area contributed by atoms with E-state index in [1.807, 2.05) is 25.1 Å². The first-order valence-corrected chi connectivity index (χ1v) is 9.62. The highest BCUT2D eigenvalue weighted by atomic mass is 16.5. The quantitative estimate of drug-likeness (QED) is 0.688. The third-order valence-electron chi connectivity index (χ3n) is 4.91. The van der Waals surface area contributed by atoms with E-state index in [4.69, 9.17) is 4.74 Å². The number of anilines is 2. The van der Waals surface area contributed by atoms with Crippen molar-refractivity contribution in [3.05, 3.63) is 59.2 Å². The molecule has 1 atom stereocenters. The zero-order valence-corrected chi connectivity index (χ0v) is 16.4. The van der Waals surface area contributed by atoms with Crippen molar-refractivity contribution in [2.24, 2.45) is 0 Å². The molecule has 6 nitrogen and oxygen atoms in total. The molecule has 1 aliphatic rings. The van der Waals surface area contributed by atoms with E-state index in [1.165, 1.54) is 11.1 Å². The summed E-state index contributed by atoms with van der Waals surface area (Å²) in [6.45, 7) is 5.57. The lowest BCUT2D eigenvalue weighted by atomic mass is 10.1. The third kappa shape index (κ3) is 5.57. The van der Waals surface area contributed by atoms with Crippen molar-refractivity contribution in [3.63, 3.8) is 0 Å². The fraction of sp³-hybridized carbons (Fsp3) is 0.364. The van der Waals surface area contributed by atoms with Gasteiger partial charge in [0.2, 0.25) is 5.91 Å². The van der Waals surface area contributed by atoms with E-state index in [0.717, 1.165) is 25.1 Å². The van der Waals surface area contributed by atoms with Crippen LogP contribution in [0.4, 0.5) is 11.4 Å². The molecule has 1 unspecified atom stereocenters. The van der Waals surface area contributed by atoms with Crippen molar-refractivity contribution in [1.82, 2.24) is 5.32 Å². The molecule has 0 spiro atoms. The average Bonchev–Trinajstić information content (AvgIpc) is 3.21. The van der Waals surface area contributed by atoms with Crippen molar-refractivity contribution in [2.75, 3.05) is 30.3 Å². The molecule has 1 heterocycles. The zero-order chi connectivity index (χ0) is 19.9. The molecule has 0 aliphatic carbocycles. The summed E-state index contributed by atoms with van der Waals surface area (Å²) in [4.78, 5) is 24.3. The van der Waals surface area contributed by atoms with Crippen molar-refractivity contribution in [2.45, 2.75) is 32.8 Å². The van der Waals surface area contributed by atoms with Crippen LogP contribution in [0.5, 0.6) is 0 Å². The van der Waals surface area contributed by atoms with Gasteiger partial charge in [-0.25, -0.2) is 0 Å². The molecule has 1 fully saturated rings. The van der Waals surface area contributed by atoms with Crippen LogP contribution in [0.1, 0.15) is 34.3 Å². The first-order chi connectivity index (χ1) is 13.5. The molecule has 0 saturated carbocycles. The summed E-state index contributed by atoms with van der Waals surface area (Å²) in [5.41, 5.74) is 4.52. The second kappa shape index (κ2) is 9.37. The van der Waals surface area contributed by atoms with Gasteiger partial charge in [-0.3, -0.25) is 9.59 Å². The van der Waals surface area contributed by atoms with E-state index in [1.54, 1.807) is 24.3 Å². The molecule has 1 aliphatic heterocycles. The van der Waals surface area contributed by atoms with Gasteiger partial charge in [0.05, 0.1) is 12.6 Å². The first-order valence-electron chi connectivity index (χ1n) is 9.62. The number of hydrogen-bond donors (Lipinski definition) is 3. The van der Waals surface area contributed by atoms with Crippen LogP contribution in [0.2, 0.25) is 0 Å². The maximum Gasteiger partial charge on any atom is 0.251 e. The summed E-state index contributed by atoms with van der Waals surface area (Å²) in [6, 6.07) is 12.9. The van der Waals surface area contributed by atoms with Gasteiger partial charge in [-0.1, -0.05) is 6.07 Å². The van der Waals surface area contributed by atoms with Gasteiger partial charge in [0.25, 0.3) is 5.91 Å². The Balaban J connectivity index is 1.45. The molecule has 2 aromatic carbocycles. The highest BCUT2D eigenvalue weighted by Gasteiger charge is 2.16. The first kappa shape index (κ1) is 19.9. The fourth-order valence-corrected chi connectivity index (χ4v) is 3.06. The monoisotopic (exact) mass is 381 g/mol. The van der Waals surface area contributed by atoms with Crippen LogP contribution in [0, 0.1) is 13.8 Å². The zero-order valence-electron chi connectivity index (χ0n) is 16.4. The van der Waals surface area contributed by atoms with E-state index < -0.39 is 0 Å². The van der Waals surface area contributed by atoms with E-state index >= 15 is 0 Å². The normalized spacial score (nSPS) is 15.9.